The molecule has 3 rings (SSSR count). The number of amides is 3. The molecule has 3 amide bonds. The number of carbonyl (C=O) groups is 2. The van der Waals surface area contributed by atoms with E-state index in [-0.39, 0.29) is 11.9 Å². The van der Waals surface area contributed by atoms with Crippen LogP contribution in [0, 0.1) is 0 Å². The van der Waals surface area contributed by atoms with Gasteiger partial charge in [0.25, 0.3) is 0 Å². The third-order valence-electron chi connectivity index (χ3n) is 3.19. The van der Waals surface area contributed by atoms with E-state index in [4.69, 9.17) is 0 Å². The molecular weight excluding hydrogens is 304 g/mol. The Bertz CT molecular complexity index is 689. The highest BCUT2D eigenvalue weighted by Gasteiger charge is 2.31. The van der Waals surface area contributed by atoms with Crippen LogP contribution in [0.5, 0.6) is 0 Å². The first-order chi connectivity index (χ1) is 10.7. The van der Waals surface area contributed by atoms with E-state index in [1.165, 1.54) is 16.7 Å². The maximum atomic E-state index is 12.3. The fourth-order valence-electron chi connectivity index (χ4n) is 2.09. The number of urea groups is 1. The number of nitrogens with one attached hydrogen (secondary N) is 1. The van der Waals surface area contributed by atoms with Crippen molar-refractivity contribution in [1.29, 1.82) is 0 Å². The van der Waals surface area contributed by atoms with Crippen LogP contribution in [0.3, 0.4) is 0 Å². The zero-order chi connectivity index (χ0) is 15.5. The first kappa shape index (κ1) is 14.5. The molecule has 8 nitrogen and oxygen atoms in total. The van der Waals surface area contributed by atoms with Crippen LogP contribution in [0.2, 0.25) is 0 Å². The van der Waals surface area contributed by atoms with Crippen molar-refractivity contribution in [2.24, 2.45) is 0 Å². The minimum absolute atomic E-state index is 0.248. The Morgan fingerprint density at radius 3 is 2.82 bits per heavy atom. The fraction of sp³-hybridized carbons (Fsp3) is 0.308. The number of hydrogen-bond donors (Lipinski definition) is 1. The second-order valence-electron chi connectivity index (χ2n) is 4.69. The molecule has 22 heavy (non-hydrogen) atoms. The molecule has 1 aromatic heterocycles. The van der Waals surface area contributed by atoms with Crippen LogP contribution in [-0.4, -0.2) is 55.4 Å². The molecule has 1 fully saturated rings. The molecule has 0 radical (unpaired) electrons. The highest BCUT2D eigenvalue weighted by atomic mass is 32.2. The standard InChI is InChI=1S/C13H14N6O2S/c1-9(11(20)18-8-7-14-12(18)21)22-13-15-16-17-19(13)10-5-3-2-4-6-10/h2-6,9H,7-8H2,1H3,(H,14,21). The monoisotopic (exact) mass is 318 g/mol. The normalized spacial score (nSPS) is 15.7. The molecule has 2 heterocycles. The Hall–Kier alpha value is -2.42. The molecule has 0 saturated carbocycles. The van der Waals surface area contributed by atoms with Crippen LogP contribution >= 0.6 is 11.8 Å². The summed E-state index contributed by atoms with van der Waals surface area (Å²) in [6.07, 6.45) is 0. The first-order valence-corrected chi connectivity index (χ1v) is 7.64. The van der Waals surface area contributed by atoms with Gasteiger partial charge < -0.3 is 5.32 Å². The Morgan fingerprint density at radius 1 is 1.36 bits per heavy atom. The topological polar surface area (TPSA) is 93.0 Å². The van der Waals surface area contributed by atoms with Crippen molar-refractivity contribution in [1.82, 2.24) is 30.4 Å². The lowest BCUT2D eigenvalue weighted by Gasteiger charge is -2.16. The van der Waals surface area contributed by atoms with Crippen molar-refractivity contribution >= 4 is 23.7 Å². The number of para-hydroxylation sites is 1. The van der Waals surface area contributed by atoms with E-state index < -0.39 is 5.25 Å². The third kappa shape index (κ3) is 2.80. The van der Waals surface area contributed by atoms with Crippen LogP contribution < -0.4 is 5.32 Å². The summed E-state index contributed by atoms with van der Waals surface area (Å²) in [7, 11) is 0. The quantitative estimate of drug-likeness (QED) is 0.834. The van der Waals surface area contributed by atoms with E-state index in [9.17, 15) is 9.59 Å². The zero-order valence-corrected chi connectivity index (χ0v) is 12.7. The molecule has 0 aliphatic carbocycles. The summed E-state index contributed by atoms with van der Waals surface area (Å²) in [5.41, 5.74) is 0.813. The molecule has 1 aliphatic heterocycles. The van der Waals surface area contributed by atoms with E-state index in [0.717, 1.165) is 5.69 Å². The first-order valence-electron chi connectivity index (χ1n) is 6.76. The summed E-state index contributed by atoms with van der Waals surface area (Å²) in [4.78, 5) is 25.1. The van der Waals surface area contributed by atoms with Gasteiger partial charge in [0.2, 0.25) is 11.1 Å². The largest absolute Gasteiger partial charge is 0.336 e. The second kappa shape index (κ2) is 6.14. The van der Waals surface area contributed by atoms with Crippen molar-refractivity contribution < 1.29 is 9.59 Å². The van der Waals surface area contributed by atoms with Crippen LogP contribution in [0.25, 0.3) is 5.69 Å². The average molecular weight is 318 g/mol. The van der Waals surface area contributed by atoms with Gasteiger partial charge in [-0.25, -0.2) is 4.79 Å². The number of carbonyl (C=O) groups excluding carboxylic acids is 2. The smallest absolute Gasteiger partial charge is 0.324 e. The van der Waals surface area contributed by atoms with Gasteiger partial charge in [-0.3, -0.25) is 9.69 Å². The highest BCUT2D eigenvalue weighted by molar-refractivity contribution is 8.00. The van der Waals surface area contributed by atoms with Crippen molar-refractivity contribution in [2.45, 2.75) is 17.3 Å². The summed E-state index contributed by atoms with van der Waals surface area (Å²) in [6, 6.07) is 9.07. The van der Waals surface area contributed by atoms with Crippen LogP contribution in [-0.2, 0) is 4.79 Å². The van der Waals surface area contributed by atoms with E-state index >= 15 is 0 Å². The molecule has 9 heteroatoms. The number of tetrazole rings is 1. The maximum absolute atomic E-state index is 12.3. The molecule has 0 bridgehead atoms. The average Bonchev–Trinajstić information content (AvgIpc) is 3.16. The molecular formula is C13H14N6O2S. The van der Waals surface area contributed by atoms with Crippen LogP contribution in [0.1, 0.15) is 6.92 Å². The SMILES string of the molecule is CC(Sc1nnnn1-c1ccccc1)C(=O)N1CCNC1=O. The lowest BCUT2D eigenvalue weighted by molar-refractivity contribution is -0.126. The van der Waals surface area contributed by atoms with Crippen molar-refractivity contribution in [3.63, 3.8) is 0 Å². The molecule has 1 N–H and O–H groups in total. The van der Waals surface area contributed by atoms with Gasteiger partial charge in [-0.05, 0) is 29.5 Å². The molecule has 2 aromatic rings. The number of hydrogen-bond acceptors (Lipinski definition) is 6. The van der Waals surface area contributed by atoms with Gasteiger partial charge in [0.1, 0.15) is 0 Å². The Morgan fingerprint density at radius 2 is 2.14 bits per heavy atom. The van der Waals surface area contributed by atoms with E-state index in [1.54, 1.807) is 11.6 Å². The fourth-order valence-corrected chi connectivity index (χ4v) is 2.96. The third-order valence-corrected chi connectivity index (χ3v) is 4.22. The molecule has 0 spiro atoms. The summed E-state index contributed by atoms with van der Waals surface area (Å²) in [6.45, 7) is 2.62. The number of rotatable bonds is 4. The predicted octanol–water partition coefficient (Wildman–Crippen LogP) is 0.695. The van der Waals surface area contributed by atoms with Gasteiger partial charge >= 0.3 is 6.03 Å². The van der Waals surface area contributed by atoms with E-state index in [2.05, 4.69) is 20.8 Å². The zero-order valence-electron chi connectivity index (χ0n) is 11.8. The highest BCUT2D eigenvalue weighted by Crippen LogP contribution is 2.24. The van der Waals surface area contributed by atoms with E-state index in [0.29, 0.717) is 18.2 Å². The van der Waals surface area contributed by atoms with Crippen molar-refractivity contribution in [2.75, 3.05) is 13.1 Å². The van der Waals surface area contributed by atoms with Gasteiger partial charge in [-0.2, -0.15) is 4.68 Å². The summed E-state index contributed by atoms with van der Waals surface area (Å²) in [5.74, 6) is -0.248. The molecule has 1 atom stereocenters. The van der Waals surface area contributed by atoms with Gasteiger partial charge in [-0.1, -0.05) is 30.0 Å². The minimum Gasteiger partial charge on any atom is -0.336 e. The number of aromatic nitrogens is 4. The summed E-state index contributed by atoms with van der Waals surface area (Å²) < 4.78 is 1.57. The van der Waals surface area contributed by atoms with Crippen LogP contribution in [0.15, 0.2) is 35.5 Å². The summed E-state index contributed by atoms with van der Waals surface area (Å²) in [5, 5.41) is 14.2. The minimum atomic E-state index is -0.461. The maximum Gasteiger partial charge on any atom is 0.324 e. The van der Waals surface area contributed by atoms with Crippen molar-refractivity contribution in [3.05, 3.63) is 30.3 Å². The van der Waals surface area contributed by atoms with Gasteiger partial charge in [-0.15, -0.1) is 5.10 Å². The number of nitrogens with zero attached hydrogens (tertiary/aromatic N) is 5. The molecule has 1 saturated heterocycles. The van der Waals surface area contributed by atoms with E-state index in [1.807, 2.05) is 30.3 Å². The van der Waals surface area contributed by atoms with Crippen LogP contribution in [0.4, 0.5) is 4.79 Å². The Balaban J connectivity index is 1.75. The van der Waals surface area contributed by atoms with Crippen molar-refractivity contribution in [3.8, 4) is 5.69 Å². The predicted molar refractivity (Wildman–Crippen MR) is 79.6 cm³/mol. The molecule has 1 aromatic carbocycles. The van der Waals surface area contributed by atoms with Gasteiger partial charge in [0.15, 0.2) is 0 Å². The number of benzene rings is 1. The lowest BCUT2D eigenvalue weighted by atomic mass is 10.3. The summed E-state index contributed by atoms with van der Waals surface area (Å²) >= 11 is 1.22. The second-order valence-corrected chi connectivity index (χ2v) is 6.00. The molecule has 1 unspecified atom stereocenters. The Labute approximate surface area is 130 Å². The van der Waals surface area contributed by atoms with Gasteiger partial charge in [0, 0.05) is 13.1 Å². The Kier molecular flexibility index (Phi) is 4.05. The molecule has 1 aliphatic rings. The molecule has 114 valence electrons. The lowest BCUT2D eigenvalue weighted by Crippen LogP contribution is -2.39. The van der Waals surface area contributed by atoms with Gasteiger partial charge in [0.05, 0.1) is 10.9 Å². The number of imide groups is 1. The number of thioether (sulfide) groups is 1.